The number of fused-ring (bicyclic) bond motifs is 1. The van der Waals surface area contributed by atoms with E-state index in [0.29, 0.717) is 13.3 Å². The second-order valence-electron chi connectivity index (χ2n) is 7.94. The molecular weight excluding hydrogens is 505 g/mol. The molecule has 4 rings (SSSR count). The third kappa shape index (κ3) is 5.63. The quantitative estimate of drug-likeness (QED) is 0.330. The number of halogens is 1. The van der Waals surface area contributed by atoms with Gasteiger partial charge in [-0.2, -0.15) is 0 Å². The fourth-order valence-corrected chi connectivity index (χ4v) is 4.10. The van der Waals surface area contributed by atoms with Crippen molar-refractivity contribution in [2.24, 2.45) is 4.99 Å². The van der Waals surface area contributed by atoms with Gasteiger partial charge in [-0.3, -0.25) is 0 Å². The molecule has 0 atom stereocenters. The van der Waals surface area contributed by atoms with E-state index in [1.807, 2.05) is 6.07 Å². The van der Waals surface area contributed by atoms with Crippen molar-refractivity contribution in [1.29, 1.82) is 0 Å². The lowest BCUT2D eigenvalue weighted by molar-refractivity contribution is 0.0513. The topological polar surface area (TPSA) is 64.1 Å². The minimum atomic E-state index is -0.0297. The summed E-state index contributed by atoms with van der Waals surface area (Å²) >= 11 is 0. The van der Waals surface area contributed by atoms with Crippen molar-refractivity contribution in [2.75, 3.05) is 33.1 Å². The SMILES string of the molecule is CCNC(=NCc1ccccc1C)NCC1(c2ccc3c(c2)OCO3)CCOCC1.I. The van der Waals surface area contributed by atoms with E-state index in [9.17, 15) is 0 Å². The van der Waals surface area contributed by atoms with Crippen molar-refractivity contribution in [2.45, 2.75) is 38.6 Å². The van der Waals surface area contributed by atoms with Crippen LogP contribution in [-0.4, -0.2) is 39.1 Å². The van der Waals surface area contributed by atoms with Crippen LogP contribution >= 0.6 is 24.0 Å². The Bertz CT molecular complexity index is 897. The van der Waals surface area contributed by atoms with Crippen molar-refractivity contribution in [3.8, 4) is 11.5 Å². The van der Waals surface area contributed by atoms with Gasteiger partial charge >= 0.3 is 0 Å². The van der Waals surface area contributed by atoms with Crippen LogP contribution in [0.3, 0.4) is 0 Å². The predicted molar refractivity (Wildman–Crippen MR) is 134 cm³/mol. The molecule has 1 saturated heterocycles. The van der Waals surface area contributed by atoms with Crippen LogP contribution in [0.2, 0.25) is 0 Å². The zero-order valence-corrected chi connectivity index (χ0v) is 20.6. The lowest BCUT2D eigenvalue weighted by atomic mass is 9.74. The van der Waals surface area contributed by atoms with E-state index >= 15 is 0 Å². The highest BCUT2D eigenvalue weighted by Gasteiger charge is 2.35. The summed E-state index contributed by atoms with van der Waals surface area (Å²) in [6, 6.07) is 14.7. The number of aryl methyl sites for hydroxylation is 1. The van der Waals surface area contributed by atoms with Crippen LogP contribution < -0.4 is 20.1 Å². The zero-order chi connectivity index (χ0) is 20.8. The highest BCUT2D eigenvalue weighted by Crippen LogP contribution is 2.40. The fraction of sp³-hybridized carbons (Fsp3) is 0.458. The van der Waals surface area contributed by atoms with Crippen molar-refractivity contribution in [3.63, 3.8) is 0 Å². The van der Waals surface area contributed by atoms with Crippen molar-refractivity contribution < 1.29 is 14.2 Å². The Morgan fingerprint density at radius 3 is 2.58 bits per heavy atom. The van der Waals surface area contributed by atoms with E-state index in [0.717, 1.165) is 56.6 Å². The van der Waals surface area contributed by atoms with Crippen LogP contribution in [-0.2, 0) is 16.7 Å². The molecule has 0 unspecified atom stereocenters. The molecule has 0 bridgehead atoms. The lowest BCUT2D eigenvalue weighted by Crippen LogP contribution is -2.48. The van der Waals surface area contributed by atoms with Crippen LogP contribution in [0.25, 0.3) is 0 Å². The largest absolute Gasteiger partial charge is 0.454 e. The lowest BCUT2D eigenvalue weighted by Gasteiger charge is -2.38. The maximum Gasteiger partial charge on any atom is 0.231 e. The molecule has 31 heavy (non-hydrogen) atoms. The van der Waals surface area contributed by atoms with Gasteiger partial charge in [-0.05, 0) is 55.5 Å². The van der Waals surface area contributed by atoms with E-state index < -0.39 is 0 Å². The van der Waals surface area contributed by atoms with E-state index in [1.165, 1.54) is 16.7 Å². The minimum Gasteiger partial charge on any atom is -0.454 e. The van der Waals surface area contributed by atoms with E-state index in [4.69, 9.17) is 19.2 Å². The second-order valence-corrected chi connectivity index (χ2v) is 7.94. The minimum absolute atomic E-state index is 0. The molecule has 1 fully saturated rings. The smallest absolute Gasteiger partial charge is 0.231 e. The van der Waals surface area contributed by atoms with E-state index in [1.54, 1.807) is 0 Å². The molecule has 2 aliphatic heterocycles. The highest BCUT2D eigenvalue weighted by molar-refractivity contribution is 14.0. The Kier molecular flexibility index (Phi) is 8.43. The molecular formula is C24H32IN3O3. The Morgan fingerprint density at radius 2 is 1.81 bits per heavy atom. The fourth-order valence-electron chi connectivity index (χ4n) is 4.10. The number of aliphatic imine (C=N–C) groups is 1. The number of hydrogen-bond acceptors (Lipinski definition) is 4. The van der Waals surface area contributed by atoms with Gasteiger partial charge in [0.1, 0.15) is 0 Å². The van der Waals surface area contributed by atoms with Crippen LogP contribution in [0.5, 0.6) is 11.5 Å². The van der Waals surface area contributed by atoms with Gasteiger partial charge in [0.15, 0.2) is 17.5 Å². The standard InChI is InChI=1S/C24H31N3O3.HI/c1-3-25-23(26-15-19-7-5-4-6-18(19)2)27-16-24(10-12-28-13-11-24)20-8-9-21-22(14-20)30-17-29-21;/h4-9,14H,3,10-13,15-17H2,1-2H3,(H2,25,26,27);1H. The number of guanidine groups is 1. The molecule has 2 heterocycles. The van der Waals surface area contributed by atoms with Crippen LogP contribution in [0.15, 0.2) is 47.5 Å². The molecule has 168 valence electrons. The molecule has 2 aromatic rings. The number of nitrogens with one attached hydrogen (secondary N) is 2. The van der Waals surface area contributed by atoms with Crippen LogP contribution in [0.4, 0.5) is 0 Å². The predicted octanol–water partition coefficient (Wildman–Crippen LogP) is 4.15. The second kappa shape index (κ2) is 11.0. The molecule has 7 heteroatoms. The number of nitrogens with zero attached hydrogens (tertiary/aromatic N) is 1. The van der Waals surface area contributed by atoms with E-state index in [2.05, 4.69) is 60.9 Å². The highest BCUT2D eigenvalue weighted by atomic mass is 127. The summed E-state index contributed by atoms with van der Waals surface area (Å²) in [4.78, 5) is 4.83. The first-order chi connectivity index (χ1) is 14.7. The maximum absolute atomic E-state index is 5.68. The first-order valence-electron chi connectivity index (χ1n) is 10.7. The summed E-state index contributed by atoms with van der Waals surface area (Å²) in [5.74, 6) is 2.49. The summed E-state index contributed by atoms with van der Waals surface area (Å²) in [5.41, 5.74) is 3.74. The van der Waals surface area contributed by atoms with Crippen molar-refractivity contribution in [3.05, 3.63) is 59.2 Å². The van der Waals surface area contributed by atoms with Crippen LogP contribution in [0, 0.1) is 6.92 Å². The van der Waals surface area contributed by atoms with Crippen molar-refractivity contribution in [1.82, 2.24) is 10.6 Å². The molecule has 0 radical (unpaired) electrons. The molecule has 0 amide bonds. The Morgan fingerprint density at radius 1 is 1.03 bits per heavy atom. The molecule has 0 aliphatic carbocycles. The molecule has 6 nitrogen and oxygen atoms in total. The first-order valence-corrected chi connectivity index (χ1v) is 10.7. The molecule has 0 saturated carbocycles. The average molecular weight is 537 g/mol. The van der Waals surface area contributed by atoms with Gasteiger partial charge in [-0.15, -0.1) is 24.0 Å². The molecule has 2 aliphatic rings. The third-order valence-electron chi connectivity index (χ3n) is 6.04. The summed E-state index contributed by atoms with van der Waals surface area (Å²) in [6.07, 6.45) is 1.91. The number of hydrogen-bond donors (Lipinski definition) is 2. The third-order valence-corrected chi connectivity index (χ3v) is 6.04. The maximum atomic E-state index is 5.68. The molecule has 2 N–H and O–H groups in total. The van der Waals surface area contributed by atoms with Gasteiger partial charge in [0.25, 0.3) is 0 Å². The van der Waals surface area contributed by atoms with Gasteiger partial charge in [-0.1, -0.05) is 30.3 Å². The number of rotatable bonds is 6. The average Bonchev–Trinajstić information content (AvgIpc) is 3.25. The Hall–Kier alpha value is -2.00. The zero-order valence-electron chi connectivity index (χ0n) is 18.3. The summed E-state index contributed by atoms with van der Waals surface area (Å²) in [5, 5.41) is 6.98. The van der Waals surface area contributed by atoms with Gasteiger partial charge in [0.2, 0.25) is 6.79 Å². The first kappa shape index (κ1) is 23.7. The number of ether oxygens (including phenoxy) is 3. The van der Waals surface area contributed by atoms with Gasteiger partial charge < -0.3 is 24.8 Å². The van der Waals surface area contributed by atoms with Gasteiger partial charge in [0.05, 0.1) is 6.54 Å². The molecule has 2 aromatic carbocycles. The molecule has 0 spiro atoms. The van der Waals surface area contributed by atoms with Gasteiger partial charge in [0, 0.05) is 31.7 Å². The summed E-state index contributed by atoms with van der Waals surface area (Å²) in [7, 11) is 0. The monoisotopic (exact) mass is 537 g/mol. The Labute approximate surface area is 201 Å². The normalized spacial score (nSPS) is 17.0. The summed E-state index contributed by atoms with van der Waals surface area (Å²) < 4.78 is 16.8. The van der Waals surface area contributed by atoms with E-state index in [-0.39, 0.29) is 29.4 Å². The summed E-state index contributed by atoms with van der Waals surface area (Å²) in [6.45, 7) is 8.29. The Balaban J connectivity index is 0.00000272. The van der Waals surface area contributed by atoms with Crippen LogP contribution in [0.1, 0.15) is 36.5 Å². The van der Waals surface area contributed by atoms with Gasteiger partial charge in [-0.25, -0.2) is 4.99 Å². The molecule has 0 aromatic heterocycles. The number of benzene rings is 2. The van der Waals surface area contributed by atoms with Crippen molar-refractivity contribution >= 4 is 29.9 Å².